The number of hydrogen-bond donors (Lipinski definition) is 1. The first-order valence-corrected chi connectivity index (χ1v) is 10.3. The van der Waals surface area contributed by atoms with Gasteiger partial charge in [0.25, 0.3) is 5.91 Å². The van der Waals surface area contributed by atoms with E-state index < -0.39 is 5.91 Å². The molecule has 0 atom stereocenters. The molecule has 1 amide bonds. The molecule has 0 radical (unpaired) electrons. The molecule has 2 aromatic rings. The number of carbonyl (C=O) groups excluding carboxylic acids is 1. The Labute approximate surface area is 186 Å². The zero-order valence-corrected chi connectivity index (χ0v) is 19.0. The van der Waals surface area contributed by atoms with Gasteiger partial charge in [0.2, 0.25) is 0 Å². The highest BCUT2D eigenvalue weighted by atomic mass is 127. The Morgan fingerprint density at radius 3 is 2.64 bits per heavy atom. The molecule has 0 saturated heterocycles. The highest BCUT2D eigenvalue weighted by Gasteiger charge is 2.13. The van der Waals surface area contributed by atoms with E-state index >= 15 is 0 Å². The number of halogens is 2. The third kappa shape index (κ3) is 5.82. The Bertz CT molecular complexity index is 980. The van der Waals surface area contributed by atoms with E-state index in [0.29, 0.717) is 21.3 Å². The van der Waals surface area contributed by atoms with E-state index in [1.807, 2.05) is 44.2 Å². The van der Waals surface area contributed by atoms with Gasteiger partial charge in [-0.1, -0.05) is 18.2 Å². The van der Waals surface area contributed by atoms with Crippen LogP contribution in [0.15, 0.2) is 46.4 Å². The molecule has 2 rings (SSSR count). The second-order valence-electron chi connectivity index (χ2n) is 6.17. The summed E-state index contributed by atoms with van der Waals surface area (Å²) in [6.45, 7) is 3.93. The molecular weight excluding hydrogens is 533 g/mol. The van der Waals surface area contributed by atoms with E-state index in [4.69, 9.17) is 4.74 Å². The maximum Gasteiger partial charge on any atom is 0.262 e. The monoisotopic (exact) mass is 549 g/mol. The highest BCUT2D eigenvalue weighted by molar-refractivity contribution is 14.1. The van der Waals surface area contributed by atoms with Gasteiger partial charge in [-0.05, 0) is 82.2 Å². The molecule has 0 saturated carbocycles. The summed E-state index contributed by atoms with van der Waals surface area (Å²) in [5.41, 5.74) is 2.11. The molecule has 1 N–H and O–H groups in total. The quantitative estimate of drug-likeness (QED) is 0.314. The number of carbonyl (C=O) groups is 1. The molecule has 142 valence electrons. The molecule has 28 heavy (non-hydrogen) atoms. The van der Waals surface area contributed by atoms with Crippen molar-refractivity contribution < 1.29 is 9.53 Å². The first-order chi connectivity index (χ1) is 13.3. The second kappa shape index (κ2) is 10.3. The molecule has 0 bridgehead atoms. The minimum absolute atomic E-state index is 0.0352. The normalized spacial score (nSPS) is 10.9. The number of nitrogens with zero attached hydrogens (tertiary/aromatic N) is 2. The molecule has 0 unspecified atom stereocenters. The van der Waals surface area contributed by atoms with Crippen molar-refractivity contribution in [1.29, 1.82) is 10.5 Å². The Kier molecular flexibility index (Phi) is 8.04. The average Bonchev–Trinajstić information content (AvgIpc) is 2.65. The summed E-state index contributed by atoms with van der Waals surface area (Å²) in [6, 6.07) is 14.9. The molecule has 0 spiro atoms. The molecule has 0 aliphatic carbocycles. The van der Waals surface area contributed by atoms with Gasteiger partial charge in [-0.15, -0.1) is 0 Å². The van der Waals surface area contributed by atoms with Gasteiger partial charge >= 0.3 is 0 Å². The number of ether oxygens (including phenoxy) is 1. The van der Waals surface area contributed by atoms with E-state index in [1.54, 1.807) is 18.2 Å². The van der Waals surface area contributed by atoms with Crippen LogP contribution < -0.4 is 10.1 Å². The maximum absolute atomic E-state index is 12.1. The van der Waals surface area contributed by atoms with Crippen LogP contribution in [-0.2, 0) is 11.4 Å². The molecule has 0 aliphatic heterocycles. The minimum Gasteiger partial charge on any atom is -0.487 e. The molecule has 0 aliphatic rings. The summed E-state index contributed by atoms with van der Waals surface area (Å²) in [6.07, 6.45) is 1.54. The van der Waals surface area contributed by atoms with E-state index in [1.165, 1.54) is 0 Å². The predicted octanol–water partition coefficient (Wildman–Crippen LogP) is 4.94. The molecular formula is C21H17BrIN3O2. The fourth-order valence-electron chi connectivity index (χ4n) is 2.36. The largest absolute Gasteiger partial charge is 0.487 e. The number of benzene rings is 2. The van der Waals surface area contributed by atoms with Crippen LogP contribution >= 0.6 is 38.5 Å². The van der Waals surface area contributed by atoms with Gasteiger partial charge < -0.3 is 10.1 Å². The van der Waals surface area contributed by atoms with Crippen LogP contribution in [0.3, 0.4) is 0 Å². The summed E-state index contributed by atoms with van der Waals surface area (Å²) in [5, 5.41) is 21.2. The van der Waals surface area contributed by atoms with Crippen molar-refractivity contribution in [3.05, 3.63) is 66.7 Å². The van der Waals surface area contributed by atoms with Crippen LogP contribution in [0.2, 0.25) is 0 Å². The molecule has 2 aromatic carbocycles. The summed E-state index contributed by atoms with van der Waals surface area (Å²) in [4.78, 5) is 12.1. The Morgan fingerprint density at radius 2 is 2.04 bits per heavy atom. The topological polar surface area (TPSA) is 85.9 Å². The van der Waals surface area contributed by atoms with Gasteiger partial charge in [-0.3, -0.25) is 4.79 Å². The van der Waals surface area contributed by atoms with Crippen molar-refractivity contribution in [2.75, 3.05) is 0 Å². The lowest BCUT2D eigenvalue weighted by molar-refractivity contribution is -0.117. The first kappa shape index (κ1) is 21.9. The van der Waals surface area contributed by atoms with Gasteiger partial charge in [0.1, 0.15) is 24.0 Å². The number of amides is 1. The number of nitrogens with one attached hydrogen (secondary N) is 1. The second-order valence-corrected chi connectivity index (χ2v) is 8.19. The lowest BCUT2D eigenvalue weighted by Crippen LogP contribution is -2.30. The Morgan fingerprint density at radius 1 is 1.32 bits per heavy atom. The van der Waals surface area contributed by atoms with E-state index in [2.05, 4.69) is 49.9 Å². The summed E-state index contributed by atoms with van der Waals surface area (Å²) >= 11 is 5.62. The lowest BCUT2D eigenvalue weighted by Gasteiger charge is -2.12. The van der Waals surface area contributed by atoms with Gasteiger partial charge in [-0.25, -0.2) is 0 Å². The van der Waals surface area contributed by atoms with Crippen molar-refractivity contribution in [2.24, 2.45) is 0 Å². The standard InChI is InChI=1S/C21H17BrIN3O2/c1-13(2)26-21(27)17(11-25)7-14-8-18(22)20(19(23)9-14)28-12-16-6-4-3-5-15(16)10-24/h3-9,13H,12H2,1-2H3,(H,26,27)/b17-7-. The van der Waals surface area contributed by atoms with E-state index in [0.717, 1.165) is 9.13 Å². The predicted molar refractivity (Wildman–Crippen MR) is 119 cm³/mol. The maximum atomic E-state index is 12.1. The smallest absolute Gasteiger partial charge is 0.262 e. The zero-order valence-electron chi connectivity index (χ0n) is 15.3. The van der Waals surface area contributed by atoms with Gasteiger partial charge in [0.05, 0.1) is 19.7 Å². The van der Waals surface area contributed by atoms with Crippen molar-refractivity contribution in [1.82, 2.24) is 5.32 Å². The first-order valence-electron chi connectivity index (χ1n) is 8.38. The van der Waals surface area contributed by atoms with Gasteiger partial charge in [0.15, 0.2) is 0 Å². The highest BCUT2D eigenvalue weighted by Crippen LogP contribution is 2.33. The number of rotatable bonds is 6. The number of nitriles is 2. The van der Waals surface area contributed by atoms with Crippen molar-refractivity contribution in [3.8, 4) is 17.9 Å². The molecule has 5 nitrogen and oxygen atoms in total. The average molecular weight is 550 g/mol. The van der Waals surface area contributed by atoms with Gasteiger partial charge in [-0.2, -0.15) is 10.5 Å². The fourth-order valence-corrected chi connectivity index (χ4v) is 4.13. The molecule has 7 heteroatoms. The Balaban J connectivity index is 2.25. The molecule has 0 fully saturated rings. The number of hydrogen-bond acceptors (Lipinski definition) is 4. The molecule has 0 aromatic heterocycles. The van der Waals surface area contributed by atoms with E-state index in [-0.39, 0.29) is 18.2 Å². The van der Waals surface area contributed by atoms with Gasteiger partial charge in [0, 0.05) is 11.6 Å². The molecule has 0 heterocycles. The van der Waals surface area contributed by atoms with Crippen LogP contribution in [-0.4, -0.2) is 11.9 Å². The third-order valence-electron chi connectivity index (χ3n) is 3.63. The van der Waals surface area contributed by atoms with E-state index in [9.17, 15) is 15.3 Å². The Hall–Kier alpha value is -2.36. The van der Waals surface area contributed by atoms with Crippen LogP contribution in [0, 0.1) is 26.2 Å². The van der Waals surface area contributed by atoms with Crippen LogP contribution in [0.25, 0.3) is 6.08 Å². The van der Waals surface area contributed by atoms with Crippen molar-refractivity contribution in [2.45, 2.75) is 26.5 Å². The van der Waals surface area contributed by atoms with Crippen molar-refractivity contribution in [3.63, 3.8) is 0 Å². The summed E-state index contributed by atoms with van der Waals surface area (Å²) in [7, 11) is 0. The SMILES string of the molecule is CC(C)NC(=O)/C(C#N)=C\c1cc(Br)c(OCc2ccccc2C#N)c(I)c1. The van der Waals surface area contributed by atoms with Crippen LogP contribution in [0.4, 0.5) is 0 Å². The lowest BCUT2D eigenvalue weighted by atomic mass is 10.1. The van der Waals surface area contributed by atoms with Crippen molar-refractivity contribution >= 4 is 50.5 Å². The van der Waals surface area contributed by atoms with Crippen LogP contribution in [0.1, 0.15) is 30.5 Å². The third-order valence-corrected chi connectivity index (χ3v) is 5.02. The zero-order chi connectivity index (χ0) is 20.7. The minimum atomic E-state index is -0.405. The van der Waals surface area contributed by atoms with Crippen LogP contribution in [0.5, 0.6) is 5.75 Å². The summed E-state index contributed by atoms with van der Waals surface area (Å²) < 4.78 is 7.42. The summed E-state index contributed by atoms with van der Waals surface area (Å²) in [5.74, 6) is 0.229. The fraction of sp³-hybridized carbons (Fsp3) is 0.190.